The van der Waals surface area contributed by atoms with Gasteiger partial charge in [-0.1, -0.05) is 6.92 Å². The van der Waals surface area contributed by atoms with Gasteiger partial charge < -0.3 is 4.90 Å². The second-order valence-electron chi connectivity index (χ2n) is 5.62. The summed E-state index contributed by atoms with van der Waals surface area (Å²) in [6.07, 6.45) is 4.88. The van der Waals surface area contributed by atoms with Crippen molar-refractivity contribution >= 4 is 0 Å². The molecule has 2 nitrogen and oxygen atoms in total. The Kier molecular flexibility index (Phi) is 4.60. The molecule has 0 spiro atoms. The fourth-order valence-corrected chi connectivity index (χ4v) is 2.09. The van der Waals surface area contributed by atoms with Gasteiger partial charge in [-0.15, -0.1) is 0 Å². The number of likely N-dealkylation sites (tertiary alicyclic amines) is 1. The Morgan fingerprint density at radius 2 is 1.93 bits per heavy atom. The molecule has 86 valence electrons. The second-order valence-corrected chi connectivity index (χ2v) is 5.62. The Morgan fingerprint density at radius 3 is 2.47 bits per heavy atom. The summed E-state index contributed by atoms with van der Waals surface area (Å²) in [5.74, 6) is 0.914. The van der Waals surface area contributed by atoms with Crippen molar-refractivity contribution in [1.29, 1.82) is 5.26 Å². The maximum Gasteiger partial charge on any atom is 0.0683 e. The zero-order chi connectivity index (χ0) is 11.3. The third kappa shape index (κ3) is 4.66. The summed E-state index contributed by atoms with van der Waals surface area (Å²) in [6, 6.07) is 2.37. The van der Waals surface area contributed by atoms with Gasteiger partial charge in [-0.05, 0) is 65.1 Å². The summed E-state index contributed by atoms with van der Waals surface area (Å²) in [5, 5.41) is 8.90. The van der Waals surface area contributed by atoms with Gasteiger partial charge in [0, 0.05) is 0 Å². The highest BCUT2D eigenvalue weighted by Gasteiger charge is 2.18. The molecule has 1 rings (SSSR count). The lowest BCUT2D eigenvalue weighted by molar-refractivity contribution is 0.184. The molecule has 0 saturated carbocycles. The molecule has 0 atom stereocenters. The Balaban J connectivity index is 2.14. The van der Waals surface area contributed by atoms with Gasteiger partial charge in [0.05, 0.1) is 11.5 Å². The quantitative estimate of drug-likeness (QED) is 0.710. The van der Waals surface area contributed by atoms with Crippen molar-refractivity contribution in [2.24, 2.45) is 11.3 Å². The SMILES string of the molecule is CC1CCN(CCCC(C)(C)C#N)CC1. The molecule has 1 saturated heterocycles. The third-order valence-electron chi connectivity index (χ3n) is 3.46. The molecule has 0 bridgehead atoms. The Hall–Kier alpha value is -0.550. The summed E-state index contributed by atoms with van der Waals surface area (Å²) in [6.45, 7) is 10.1. The molecule has 1 aliphatic heterocycles. The van der Waals surface area contributed by atoms with Crippen LogP contribution in [-0.2, 0) is 0 Å². The topological polar surface area (TPSA) is 27.0 Å². The Morgan fingerprint density at radius 1 is 1.33 bits per heavy atom. The van der Waals surface area contributed by atoms with Gasteiger partial charge in [-0.2, -0.15) is 5.26 Å². The maximum absolute atomic E-state index is 8.90. The fraction of sp³-hybridized carbons (Fsp3) is 0.923. The van der Waals surface area contributed by atoms with Gasteiger partial charge in [-0.3, -0.25) is 0 Å². The van der Waals surface area contributed by atoms with E-state index in [9.17, 15) is 0 Å². The fourth-order valence-electron chi connectivity index (χ4n) is 2.09. The molecule has 1 fully saturated rings. The van der Waals surface area contributed by atoms with Crippen molar-refractivity contribution < 1.29 is 0 Å². The van der Waals surface area contributed by atoms with E-state index in [1.807, 2.05) is 13.8 Å². The number of rotatable bonds is 4. The van der Waals surface area contributed by atoms with Crippen molar-refractivity contribution in [3.05, 3.63) is 0 Å². The highest BCUT2D eigenvalue weighted by atomic mass is 15.1. The molecule has 0 N–H and O–H groups in total. The van der Waals surface area contributed by atoms with Crippen molar-refractivity contribution in [1.82, 2.24) is 4.90 Å². The normalized spacial score (nSPS) is 20.1. The predicted molar refractivity (Wildman–Crippen MR) is 63.5 cm³/mol. The van der Waals surface area contributed by atoms with Gasteiger partial charge in [0.2, 0.25) is 0 Å². The number of hydrogen-bond donors (Lipinski definition) is 0. The van der Waals surface area contributed by atoms with Crippen LogP contribution in [0.15, 0.2) is 0 Å². The van der Waals surface area contributed by atoms with E-state index in [4.69, 9.17) is 5.26 Å². The van der Waals surface area contributed by atoms with Crippen molar-refractivity contribution in [3.63, 3.8) is 0 Å². The predicted octanol–water partition coefficient (Wildman–Crippen LogP) is 3.05. The van der Waals surface area contributed by atoms with Crippen molar-refractivity contribution in [2.45, 2.75) is 46.5 Å². The lowest BCUT2D eigenvalue weighted by Crippen LogP contribution is -2.34. The average Bonchev–Trinajstić information content (AvgIpc) is 2.21. The zero-order valence-electron chi connectivity index (χ0n) is 10.4. The van der Waals surface area contributed by atoms with Crippen LogP contribution in [0, 0.1) is 22.7 Å². The van der Waals surface area contributed by atoms with Gasteiger partial charge in [0.15, 0.2) is 0 Å². The monoisotopic (exact) mass is 208 g/mol. The summed E-state index contributed by atoms with van der Waals surface area (Å²) in [4.78, 5) is 2.55. The molecule has 0 aliphatic carbocycles. The minimum absolute atomic E-state index is 0.136. The lowest BCUT2D eigenvalue weighted by Gasteiger charge is -2.30. The Bertz CT molecular complexity index is 219. The van der Waals surface area contributed by atoms with Crippen LogP contribution in [0.3, 0.4) is 0 Å². The van der Waals surface area contributed by atoms with E-state index in [0.29, 0.717) is 0 Å². The maximum atomic E-state index is 8.90. The van der Waals surface area contributed by atoms with Crippen LogP contribution in [0.5, 0.6) is 0 Å². The first kappa shape index (κ1) is 12.5. The molecule has 15 heavy (non-hydrogen) atoms. The van der Waals surface area contributed by atoms with Gasteiger partial charge >= 0.3 is 0 Å². The minimum Gasteiger partial charge on any atom is -0.303 e. The zero-order valence-corrected chi connectivity index (χ0v) is 10.4. The summed E-state index contributed by atoms with van der Waals surface area (Å²) in [7, 11) is 0. The molecule has 1 heterocycles. The second kappa shape index (κ2) is 5.51. The first-order chi connectivity index (χ1) is 7.03. The number of nitriles is 1. The van der Waals surface area contributed by atoms with Crippen molar-refractivity contribution in [2.75, 3.05) is 19.6 Å². The smallest absolute Gasteiger partial charge is 0.0683 e. The molecule has 0 amide bonds. The van der Waals surface area contributed by atoms with Crippen LogP contribution < -0.4 is 0 Å². The molecule has 0 aromatic rings. The van der Waals surface area contributed by atoms with Crippen LogP contribution in [0.1, 0.15) is 46.5 Å². The average molecular weight is 208 g/mol. The molecule has 1 aliphatic rings. The van der Waals surface area contributed by atoms with Gasteiger partial charge in [0.25, 0.3) is 0 Å². The molecular formula is C13H24N2. The van der Waals surface area contributed by atoms with E-state index in [1.165, 1.54) is 32.5 Å². The van der Waals surface area contributed by atoms with Crippen molar-refractivity contribution in [3.8, 4) is 6.07 Å². The molecule has 0 aromatic carbocycles. The Labute approximate surface area is 94.3 Å². The minimum atomic E-state index is -0.136. The highest BCUT2D eigenvalue weighted by molar-refractivity contribution is 4.91. The third-order valence-corrected chi connectivity index (χ3v) is 3.46. The van der Waals surface area contributed by atoms with E-state index < -0.39 is 0 Å². The van der Waals surface area contributed by atoms with Crippen LogP contribution in [0.2, 0.25) is 0 Å². The summed E-state index contributed by atoms with van der Waals surface area (Å²) >= 11 is 0. The largest absolute Gasteiger partial charge is 0.303 e. The molecular weight excluding hydrogens is 184 g/mol. The lowest BCUT2D eigenvalue weighted by atomic mass is 9.89. The van der Waals surface area contributed by atoms with Gasteiger partial charge in [0.1, 0.15) is 0 Å². The van der Waals surface area contributed by atoms with Crippen LogP contribution in [-0.4, -0.2) is 24.5 Å². The number of piperidine rings is 1. The van der Waals surface area contributed by atoms with E-state index in [0.717, 1.165) is 18.8 Å². The number of hydrogen-bond acceptors (Lipinski definition) is 2. The van der Waals surface area contributed by atoms with E-state index in [-0.39, 0.29) is 5.41 Å². The van der Waals surface area contributed by atoms with Crippen LogP contribution >= 0.6 is 0 Å². The molecule has 2 heteroatoms. The molecule has 0 unspecified atom stereocenters. The van der Waals surface area contributed by atoms with Gasteiger partial charge in [-0.25, -0.2) is 0 Å². The van der Waals surface area contributed by atoms with Crippen LogP contribution in [0.4, 0.5) is 0 Å². The first-order valence-corrected chi connectivity index (χ1v) is 6.17. The van der Waals surface area contributed by atoms with E-state index >= 15 is 0 Å². The van der Waals surface area contributed by atoms with E-state index in [1.54, 1.807) is 0 Å². The summed E-state index contributed by atoms with van der Waals surface area (Å²) in [5.41, 5.74) is -0.136. The van der Waals surface area contributed by atoms with Crippen LogP contribution in [0.25, 0.3) is 0 Å². The molecule has 0 aromatic heterocycles. The molecule has 0 radical (unpaired) electrons. The summed E-state index contributed by atoms with van der Waals surface area (Å²) < 4.78 is 0. The highest BCUT2D eigenvalue weighted by Crippen LogP contribution is 2.22. The number of nitrogens with zero attached hydrogens (tertiary/aromatic N) is 2. The van der Waals surface area contributed by atoms with E-state index in [2.05, 4.69) is 17.9 Å². The standard InChI is InChI=1S/C13H24N2/c1-12-5-9-15(10-6-12)8-4-7-13(2,3)11-14/h12H,4-10H2,1-3H3. The first-order valence-electron chi connectivity index (χ1n) is 6.17.